The zero-order valence-electron chi connectivity index (χ0n) is 14.4. The molecule has 0 aromatic heterocycles. The number of hydrogen-bond donors (Lipinski definition) is 2. The second-order valence-electron chi connectivity index (χ2n) is 6.79. The van der Waals surface area contributed by atoms with Crippen molar-refractivity contribution in [2.24, 2.45) is 0 Å². The Kier molecular flexibility index (Phi) is 6.80. The van der Waals surface area contributed by atoms with Crippen molar-refractivity contribution < 1.29 is 18.9 Å². The molecular weight excluding hydrogens is 298 g/mol. The molecule has 1 aromatic rings. The first kappa shape index (κ1) is 19.4. The third kappa shape index (κ3) is 3.79. The van der Waals surface area contributed by atoms with Crippen LogP contribution in [-0.2, 0) is 11.0 Å². The normalized spacial score (nSPS) is 12.5. The van der Waals surface area contributed by atoms with E-state index in [1.165, 1.54) is 18.2 Å². The van der Waals surface area contributed by atoms with Gasteiger partial charge in [-0.05, 0) is 28.2 Å². The van der Waals surface area contributed by atoms with Crippen molar-refractivity contribution in [3.05, 3.63) is 29.6 Å². The predicted molar refractivity (Wildman–Crippen MR) is 92.1 cm³/mol. The van der Waals surface area contributed by atoms with Gasteiger partial charge in [-0.1, -0.05) is 53.7 Å². The fraction of sp³-hybridized carbons (Fsp3) is 0.625. The van der Waals surface area contributed by atoms with Crippen LogP contribution >= 0.6 is 0 Å². The van der Waals surface area contributed by atoms with Gasteiger partial charge in [0, 0.05) is 5.56 Å². The van der Waals surface area contributed by atoms with Gasteiger partial charge in [0.15, 0.2) is 0 Å². The second-order valence-corrected chi connectivity index (χ2v) is 12.2. The minimum atomic E-state index is -2.12. The van der Waals surface area contributed by atoms with Gasteiger partial charge in [-0.3, -0.25) is 0 Å². The highest BCUT2D eigenvalue weighted by Gasteiger charge is 2.45. The number of benzene rings is 1. The molecule has 0 atom stereocenters. The Morgan fingerprint density at radius 2 is 1.55 bits per heavy atom. The van der Waals surface area contributed by atoms with Gasteiger partial charge >= 0.3 is 7.12 Å². The van der Waals surface area contributed by atoms with Crippen molar-refractivity contribution in [3.8, 4) is 0 Å². The summed E-state index contributed by atoms with van der Waals surface area (Å²) in [6.45, 7) is 13.1. The maximum Gasteiger partial charge on any atom is 0.488 e. The Morgan fingerprint density at radius 1 is 1.05 bits per heavy atom. The summed E-state index contributed by atoms with van der Waals surface area (Å²) in [6.07, 6.45) is 0. The molecule has 1 aromatic carbocycles. The van der Waals surface area contributed by atoms with Gasteiger partial charge in [0.1, 0.15) is 5.82 Å². The van der Waals surface area contributed by atoms with Gasteiger partial charge in [-0.2, -0.15) is 0 Å². The van der Waals surface area contributed by atoms with E-state index in [4.69, 9.17) is 4.43 Å². The molecule has 0 saturated carbocycles. The number of halogens is 1. The average molecular weight is 326 g/mol. The van der Waals surface area contributed by atoms with Gasteiger partial charge in [-0.25, -0.2) is 4.39 Å². The minimum absolute atomic E-state index is 0.0837. The molecule has 2 N–H and O–H groups in total. The van der Waals surface area contributed by atoms with E-state index >= 15 is 0 Å². The first-order valence-electron chi connectivity index (χ1n) is 7.91. The Bertz CT molecular complexity index is 471. The van der Waals surface area contributed by atoms with Crippen molar-refractivity contribution in [2.45, 2.75) is 64.8 Å². The molecule has 0 unspecified atom stereocenters. The van der Waals surface area contributed by atoms with Crippen LogP contribution in [0.5, 0.6) is 0 Å². The second kappa shape index (κ2) is 7.73. The molecule has 1 rings (SSSR count). The van der Waals surface area contributed by atoms with Crippen LogP contribution in [0, 0.1) is 5.82 Å². The van der Waals surface area contributed by atoms with E-state index in [0.29, 0.717) is 16.6 Å². The molecule has 0 aliphatic heterocycles. The molecule has 0 amide bonds. The van der Waals surface area contributed by atoms with Gasteiger partial charge < -0.3 is 14.5 Å². The van der Waals surface area contributed by atoms with Crippen molar-refractivity contribution in [3.63, 3.8) is 0 Å². The molecule has 6 heteroatoms. The predicted octanol–water partition coefficient (Wildman–Crippen LogP) is 3.20. The largest absolute Gasteiger partial charge is 0.488 e. The van der Waals surface area contributed by atoms with Gasteiger partial charge in [-0.15, -0.1) is 0 Å². The lowest BCUT2D eigenvalue weighted by molar-refractivity contribution is 0.261. The maximum absolute atomic E-state index is 14.1. The number of hydrogen-bond acceptors (Lipinski definition) is 3. The number of rotatable bonds is 7. The molecule has 0 spiro atoms. The first-order chi connectivity index (χ1) is 10.1. The Labute approximate surface area is 134 Å². The van der Waals surface area contributed by atoms with Crippen LogP contribution in [0.2, 0.25) is 16.6 Å². The molecule has 0 aliphatic rings. The fourth-order valence-electron chi connectivity index (χ4n) is 3.67. The van der Waals surface area contributed by atoms with E-state index in [-0.39, 0.29) is 17.6 Å². The third-order valence-electron chi connectivity index (χ3n) is 4.61. The zero-order chi connectivity index (χ0) is 17.1. The summed E-state index contributed by atoms with van der Waals surface area (Å²) in [7, 11) is -3.81. The molecule has 0 heterocycles. The summed E-state index contributed by atoms with van der Waals surface area (Å²) < 4.78 is 20.5. The molecule has 0 saturated heterocycles. The standard InChI is InChI=1S/C16H28BFO3Si/c1-11(2)22(12(3)4,13(5)6)21-10-14-15(17(19)20)8-7-9-16(14)18/h7-9,11-13,19-20H,10H2,1-6H3. The smallest absolute Gasteiger partial charge is 0.423 e. The van der Waals surface area contributed by atoms with Crippen LogP contribution < -0.4 is 5.46 Å². The van der Waals surface area contributed by atoms with E-state index in [9.17, 15) is 14.4 Å². The maximum atomic E-state index is 14.1. The molecular formula is C16H28BFO3Si. The SMILES string of the molecule is CC(C)[Si](OCc1c(F)cccc1B(O)O)(C(C)C)C(C)C. The highest BCUT2D eigenvalue weighted by molar-refractivity contribution is 6.77. The van der Waals surface area contributed by atoms with Crippen LogP contribution in [0.4, 0.5) is 4.39 Å². The van der Waals surface area contributed by atoms with Crippen LogP contribution in [0.15, 0.2) is 18.2 Å². The first-order valence-corrected chi connectivity index (χ1v) is 10.1. The monoisotopic (exact) mass is 326 g/mol. The summed E-state index contributed by atoms with van der Waals surface area (Å²) in [5, 5.41) is 18.9. The quantitative estimate of drug-likeness (QED) is 0.757. The van der Waals surface area contributed by atoms with Crippen molar-refractivity contribution in [1.82, 2.24) is 0 Å². The van der Waals surface area contributed by atoms with Crippen LogP contribution in [0.3, 0.4) is 0 Å². The summed E-state index contributed by atoms with van der Waals surface area (Å²) in [6, 6.07) is 4.33. The molecule has 124 valence electrons. The van der Waals surface area contributed by atoms with Crippen LogP contribution in [-0.4, -0.2) is 25.5 Å². The summed E-state index contributed by atoms with van der Waals surface area (Å²) in [5.41, 5.74) is 1.60. The van der Waals surface area contributed by atoms with Crippen molar-refractivity contribution in [1.29, 1.82) is 0 Å². The zero-order valence-corrected chi connectivity index (χ0v) is 15.4. The molecule has 0 radical (unpaired) electrons. The Balaban J connectivity index is 3.15. The van der Waals surface area contributed by atoms with Crippen molar-refractivity contribution in [2.75, 3.05) is 0 Å². The van der Waals surface area contributed by atoms with Crippen LogP contribution in [0.25, 0.3) is 0 Å². The fourth-order valence-corrected chi connectivity index (χ4v) is 9.06. The summed E-state index contributed by atoms with van der Waals surface area (Å²) >= 11 is 0. The van der Waals surface area contributed by atoms with E-state index in [1.807, 2.05) is 0 Å². The minimum Gasteiger partial charge on any atom is -0.423 e. The van der Waals surface area contributed by atoms with E-state index < -0.39 is 21.3 Å². The summed E-state index contributed by atoms with van der Waals surface area (Å²) in [5.74, 6) is -0.454. The van der Waals surface area contributed by atoms with Gasteiger partial charge in [0.25, 0.3) is 0 Å². The highest BCUT2D eigenvalue weighted by Crippen LogP contribution is 2.42. The van der Waals surface area contributed by atoms with Gasteiger partial charge in [0.2, 0.25) is 8.32 Å². The molecule has 0 aliphatic carbocycles. The molecule has 22 heavy (non-hydrogen) atoms. The Morgan fingerprint density at radius 3 is 1.95 bits per heavy atom. The highest BCUT2D eigenvalue weighted by atomic mass is 28.4. The molecule has 3 nitrogen and oxygen atoms in total. The van der Waals surface area contributed by atoms with E-state index in [1.54, 1.807) is 0 Å². The van der Waals surface area contributed by atoms with E-state index in [2.05, 4.69) is 41.5 Å². The lowest BCUT2D eigenvalue weighted by Gasteiger charge is -2.42. The van der Waals surface area contributed by atoms with E-state index in [0.717, 1.165) is 0 Å². The Hall–Kier alpha value is -0.688. The lowest BCUT2D eigenvalue weighted by atomic mass is 9.77. The van der Waals surface area contributed by atoms with Gasteiger partial charge in [0.05, 0.1) is 6.61 Å². The molecule has 0 bridgehead atoms. The van der Waals surface area contributed by atoms with Crippen LogP contribution in [0.1, 0.15) is 47.1 Å². The average Bonchev–Trinajstić information content (AvgIpc) is 2.39. The summed E-state index contributed by atoms with van der Waals surface area (Å²) in [4.78, 5) is 0. The lowest BCUT2D eigenvalue weighted by Crippen LogP contribution is -2.48. The van der Waals surface area contributed by atoms with Crippen molar-refractivity contribution >= 4 is 20.9 Å². The molecule has 0 fully saturated rings. The third-order valence-corrected chi connectivity index (χ3v) is 10.7. The topological polar surface area (TPSA) is 49.7 Å².